The Balaban J connectivity index is 1.88. The molecule has 1 aromatic carbocycles. The number of nitrogens with one attached hydrogen (secondary N) is 2. The fourth-order valence-electron chi connectivity index (χ4n) is 1.93. The van der Waals surface area contributed by atoms with E-state index in [0.29, 0.717) is 26.5 Å². The van der Waals surface area contributed by atoms with Gasteiger partial charge in [-0.05, 0) is 30.3 Å². The first-order valence-corrected chi connectivity index (χ1v) is 7.13. The molecule has 0 fully saturated rings. The van der Waals surface area contributed by atoms with Crippen molar-refractivity contribution in [1.82, 2.24) is 9.97 Å². The molecule has 7 nitrogen and oxygen atoms in total. The lowest BCUT2D eigenvalue weighted by Gasteiger charge is -2.04. The number of nitrogen functional groups attached to an aromatic ring is 1. The van der Waals surface area contributed by atoms with E-state index >= 15 is 0 Å². The number of nitrogens with two attached hydrogens (primary N) is 1. The molecule has 2 heterocycles. The topological polar surface area (TPSA) is 110 Å². The van der Waals surface area contributed by atoms with Crippen LogP contribution in [0, 0.1) is 0 Å². The molecule has 0 bridgehead atoms. The summed E-state index contributed by atoms with van der Waals surface area (Å²) in [6.07, 6.45) is 0. The molecule has 0 aliphatic heterocycles. The lowest BCUT2D eigenvalue weighted by Crippen LogP contribution is -2.10. The number of rotatable bonds is 3. The summed E-state index contributed by atoms with van der Waals surface area (Å²) in [4.78, 5) is 31.2. The highest BCUT2D eigenvalue weighted by molar-refractivity contribution is 7.20. The minimum atomic E-state index is -0.359. The van der Waals surface area contributed by atoms with E-state index in [2.05, 4.69) is 15.3 Å². The second-order valence-electron chi connectivity index (χ2n) is 4.46. The number of methoxy groups -OCH3 is 1. The van der Waals surface area contributed by atoms with Gasteiger partial charge in [-0.15, -0.1) is 11.3 Å². The molecule has 0 saturated carbocycles. The predicted molar refractivity (Wildman–Crippen MR) is 85.6 cm³/mol. The molecule has 0 spiro atoms. The Morgan fingerprint density at radius 2 is 2.09 bits per heavy atom. The van der Waals surface area contributed by atoms with Crippen molar-refractivity contribution in [3.8, 4) is 5.75 Å². The van der Waals surface area contributed by atoms with Crippen LogP contribution in [-0.4, -0.2) is 23.0 Å². The van der Waals surface area contributed by atoms with Gasteiger partial charge in [0.05, 0.1) is 17.4 Å². The average Bonchev–Trinajstić information content (AvgIpc) is 2.92. The highest BCUT2D eigenvalue weighted by Crippen LogP contribution is 2.23. The van der Waals surface area contributed by atoms with Gasteiger partial charge >= 0.3 is 0 Å². The van der Waals surface area contributed by atoms with E-state index in [4.69, 9.17) is 10.5 Å². The third kappa shape index (κ3) is 2.63. The van der Waals surface area contributed by atoms with Crippen LogP contribution >= 0.6 is 11.3 Å². The summed E-state index contributed by atoms with van der Waals surface area (Å²) in [6, 6.07) is 8.45. The average molecular weight is 316 g/mol. The Kier molecular flexibility index (Phi) is 3.51. The minimum Gasteiger partial charge on any atom is -0.497 e. The van der Waals surface area contributed by atoms with Gasteiger partial charge in [0.2, 0.25) is 5.95 Å². The number of amides is 1. The highest BCUT2D eigenvalue weighted by Gasteiger charge is 2.14. The summed E-state index contributed by atoms with van der Waals surface area (Å²) in [5.74, 6) is 0.415. The SMILES string of the molecule is COc1ccc(NC(=O)c2cc3c(=O)[nH]c(N)nc3s2)cc1. The number of carbonyl (C=O) groups is 1. The number of aromatic nitrogens is 2. The minimum absolute atomic E-state index is 0.0291. The number of fused-ring (bicyclic) bond motifs is 1. The normalized spacial score (nSPS) is 10.6. The quantitative estimate of drug-likeness (QED) is 0.683. The maximum atomic E-state index is 12.2. The zero-order valence-electron chi connectivity index (χ0n) is 11.5. The van der Waals surface area contributed by atoms with Crippen LogP contribution in [0.25, 0.3) is 10.2 Å². The first-order chi connectivity index (χ1) is 10.6. The summed E-state index contributed by atoms with van der Waals surface area (Å²) >= 11 is 1.11. The van der Waals surface area contributed by atoms with E-state index in [1.165, 1.54) is 6.07 Å². The van der Waals surface area contributed by atoms with Gasteiger partial charge in [-0.25, -0.2) is 4.98 Å². The van der Waals surface area contributed by atoms with Crippen molar-refractivity contribution in [3.63, 3.8) is 0 Å². The Labute approximate surface area is 128 Å². The van der Waals surface area contributed by atoms with Gasteiger partial charge in [-0.1, -0.05) is 0 Å². The zero-order chi connectivity index (χ0) is 15.7. The van der Waals surface area contributed by atoms with Crippen LogP contribution in [0.1, 0.15) is 9.67 Å². The van der Waals surface area contributed by atoms with Gasteiger partial charge in [0.25, 0.3) is 11.5 Å². The molecule has 1 amide bonds. The van der Waals surface area contributed by atoms with Gasteiger partial charge in [-0.3, -0.25) is 14.6 Å². The van der Waals surface area contributed by atoms with E-state index in [1.54, 1.807) is 31.4 Å². The largest absolute Gasteiger partial charge is 0.497 e. The molecule has 0 saturated heterocycles. The first-order valence-electron chi connectivity index (χ1n) is 6.31. The van der Waals surface area contributed by atoms with Crippen LogP contribution in [0.2, 0.25) is 0 Å². The van der Waals surface area contributed by atoms with Crippen LogP contribution in [0.4, 0.5) is 11.6 Å². The van der Waals surface area contributed by atoms with Crippen LogP contribution in [0.5, 0.6) is 5.75 Å². The smallest absolute Gasteiger partial charge is 0.265 e. The summed E-state index contributed by atoms with van der Waals surface area (Å²) in [5.41, 5.74) is 5.76. The Hall–Kier alpha value is -2.87. The van der Waals surface area contributed by atoms with Crippen LogP contribution < -0.4 is 21.3 Å². The van der Waals surface area contributed by atoms with Gasteiger partial charge in [0, 0.05) is 5.69 Å². The van der Waals surface area contributed by atoms with Crippen molar-refractivity contribution in [1.29, 1.82) is 0 Å². The number of hydrogen-bond donors (Lipinski definition) is 3. The van der Waals surface area contributed by atoms with Gasteiger partial charge in [0.1, 0.15) is 10.6 Å². The molecule has 0 aliphatic rings. The molecule has 3 aromatic rings. The fraction of sp³-hybridized carbons (Fsp3) is 0.0714. The van der Waals surface area contributed by atoms with Gasteiger partial charge in [0.15, 0.2) is 0 Å². The third-order valence-electron chi connectivity index (χ3n) is 2.99. The Morgan fingerprint density at radius 3 is 2.77 bits per heavy atom. The number of ether oxygens (including phenoxy) is 1. The molecular formula is C14H12N4O3S. The number of thiophene rings is 1. The third-order valence-corrected chi connectivity index (χ3v) is 4.02. The van der Waals surface area contributed by atoms with Crippen molar-refractivity contribution in [2.75, 3.05) is 18.2 Å². The number of aromatic amines is 1. The molecule has 0 atom stereocenters. The number of carbonyl (C=O) groups excluding carboxylic acids is 1. The molecule has 3 rings (SSSR count). The van der Waals surface area contributed by atoms with Crippen LogP contribution in [-0.2, 0) is 0 Å². The molecule has 4 N–H and O–H groups in total. The second-order valence-corrected chi connectivity index (χ2v) is 5.49. The van der Waals surface area contributed by atoms with E-state index in [-0.39, 0.29) is 17.4 Å². The van der Waals surface area contributed by atoms with E-state index in [9.17, 15) is 9.59 Å². The molecular weight excluding hydrogens is 304 g/mol. The summed E-state index contributed by atoms with van der Waals surface area (Å²) < 4.78 is 5.05. The lowest BCUT2D eigenvalue weighted by atomic mass is 10.3. The molecule has 0 aliphatic carbocycles. The monoisotopic (exact) mass is 316 g/mol. The highest BCUT2D eigenvalue weighted by atomic mass is 32.1. The van der Waals surface area contributed by atoms with E-state index < -0.39 is 0 Å². The van der Waals surface area contributed by atoms with Gasteiger partial charge < -0.3 is 15.8 Å². The zero-order valence-corrected chi connectivity index (χ0v) is 12.4. The van der Waals surface area contributed by atoms with Crippen molar-refractivity contribution < 1.29 is 9.53 Å². The standard InChI is InChI=1S/C14H12N4O3S/c1-21-8-4-2-7(3-5-8)16-12(20)10-6-9-11(19)17-14(15)18-13(9)22-10/h2-6H,1H3,(H,16,20)(H3,15,17,18,19). The Bertz CT molecular complexity index is 899. The van der Waals surface area contributed by atoms with Crippen molar-refractivity contribution in [2.24, 2.45) is 0 Å². The van der Waals surface area contributed by atoms with Crippen LogP contribution in [0.15, 0.2) is 35.1 Å². The van der Waals surface area contributed by atoms with Crippen molar-refractivity contribution in [2.45, 2.75) is 0 Å². The maximum absolute atomic E-state index is 12.2. The first kappa shape index (κ1) is 14.1. The predicted octanol–water partition coefficient (Wildman–Crippen LogP) is 1.83. The summed E-state index contributed by atoms with van der Waals surface area (Å²) in [5, 5.41) is 3.10. The molecule has 2 aromatic heterocycles. The van der Waals surface area contributed by atoms with E-state index in [0.717, 1.165) is 11.3 Å². The fourth-order valence-corrected chi connectivity index (χ4v) is 2.86. The van der Waals surface area contributed by atoms with E-state index in [1.807, 2.05) is 0 Å². The number of anilines is 2. The summed E-state index contributed by atoms with van der Waals surface area (Å²) in [6.45, 7) is 0. The number of H-pyrrole nitrogens is 1. The molecule has 8 heteroatoms. The van der Waals surface area contributed by atoms with Crippen LogP contribution in [0.3, 0.4) is 0 Å². The molecule has 0 radical (unpaired) electrons. The van der Waals surface area contributed by atoms with Crippen molar-refractivity contribution >= 4 is 39.1 Å². The molecule has 0 unspecified atom stereocenters. The molecule has 22 heavy (non-hydrogen) atoms. The second kappa shape index (κ2) is 5.49. The number of benzene rings is 1. The Morgan fingerprint density at radius 1 is 1.36 bits per heavy atom. The number of hydrogen-bond acceptors (Lipinski definition) is 6. The lowest BCUT2D eigenvalue weighted by molar-refractivity contribution is 0.103. The van der Waals surface area contributed by atoms with Gasteiger partial charge in [-0.2, -0.15) is 0 Å². The number of nitrogens with zero attached hydrogens (tertiary/aromatic N) is 1. The van der Waals surface area contributed by atoms with Crippen molar-refractivity contribution in [3.05, 3.63) is 45.6 Å². The summed E-state index contributed by atoms with van der Waals surface area (Å²) in [7, 11) is 1.57. The maximum Gasteiger partial charge on any atom is 0.265 e. The molecule has 112 valence electrons.